The quantitative estimate of drug-likeness (QED) is 0.243. The fraction of sp³-hybridized carbons (Fsp3) is 0.263. The Morgan fingerprint density at radius 1 is 0.481 bits per heavy atom. The molecule has 4 aliphatic heterocycles. The average Bonchev–Trinajstić information content (AvgIpc) is 3.82. The van der Waals surface area contributed by atoms with Gasteiger partial charge in [0.25, 0.3) is 11.8 Å². The summed E-state index contributed by atoms with van der Waals surface area (Å²) in [6, 6.07) is 15.7. The number of rotatable bonds is 8. The smallest absolute Gasteiger partial charge is 0.253 e. The first kappa shape index (κ1) is 33.3. The van der Waals surface area contributed by atoms with E-state index in [0.717, 1.165) is 21.9 Å². The van der Waals surface area contributed by atoms with Crippen LogP contribution >= 0.6 is 0 Å². The van der Waals surface area contributed by atoms with E-state index in [4.69, 9.17) is 18.9 Å². The molecule has 0 saturated carbocycles. The molecule has 4 fully saturated rings. The van der Waals surface area contributed by atoms with E-state index < -0.39 is 71.3 Å². The van der Waals surface area contributed by atoms with Crippen LogP contribution in [0.4, 0.5) is 20.2 Å². The van der Waals surface area contributed by atoms with Gasteiger partial charge in [0.1, 0.15) is 46.7 Å². The van der Waals surface area contributed by atoms with E-state index in [1.165, 1.54) is 64.8 Å². The van der Waals surface area contributed by atoms with E-state index in [1.807, 2.05) is 0 Å². The maximum absolute atomic E-state index is 14.7. The van der Waals surface area contributed by atoms with Crippen LogP contribution in [0.2, 0.25) is 0 Å². The summed E-state index contributed by atoms with van der Waals surface area (Å²) in [5, 5.41) is 3.27. The molecule has 14 heteroatoms. The number of halogens is 2. The van der Waals surface area contributed by atoms with Crippen LogP contribution < -0.4 is 28.7 Å². The molecule has 266 valence electrons. The molecule has 0 N–H and O–H groups in total. The van der Waals surface area contributed by atoms with Gasteiger partial charge >= 0.3 is 0 Å². The van der Waals surface area contributed by atoms with Gasteiger partial charge in [-0.25, -0.2) is 28.6 Å². The number of fused-ring (bicyclic) bond motifs is 5. The van der Waals surface area contributed by atoms with Crippen molar-refractivity contribution in [2.75, 3.05) is 38.2 Å². The number of carbonyl (C=O) groups excluding carboxylic acids is 4. The summed E-state index contributed by atoms with van der Waals surface area (Å²) in [5.41, 5.74) is 0.958. The molecule has 4 heterocycles. The highest BCUT2D eigenvalue weighted by molar-refractivity contribution is 6.26. The van der Waals surface area contributed by atoms with Gasteiger partial charge in [0, 0.05) is 23.3 Å². The SMILES string of the molecule is COc1ccc([C@@H]2[C@@H]3C(=O)N(c4cccc(F)c4)C(=O)[C@@H]3N3[C@H](c4ccc(OC)cc4OC)[C@@H]4C(=O)N(c5cccc(F)c5)C(=O)[C@H]4N23)c(OC)c1. The molecular weight excluding hydrogens is 678 g/mol. The fourth-order valence-electron chi connectivity index (χ4n) is 8.31. The van der Waals surface area contributed by atoms with E-state index in [0.29, 0.717) is 34.1 Å². The van der Waals surface area contributed by atoms with Crippen molar-refractivity contribution in [3.63, 3.8) is 0 Å². The third-order valence-corrected chi connectivity index (χ3v) is 10.4. The molecule has 0 spiro atoms. The minimum absolute atomic E-state index is 0.0406. The first-order chi connectivity index (χ1) is 25.1. The van der Waals surface area contributed by atoms with Crippen molar-refractivity contribution in [1.29, 1.82) is 0 Å². The Morgan fingerprint density at radius 3 is 1.23 bits per heavy atom. The summed E-state index contributed by atoms with van der Waals surface area (Å²) in [6.07, 6.45) is 0. The van der Waals surface area contributed by atoms with Crippen molar-refractivity contribution in [3.05, 3.63) is 108 Å². The molecule has 8 rings (SSSR count). The molecule has 4 aliphatic rings. The molecule has 4 saturated heterocycles. The third kappa shape index (κ3) is 4.70. The molecule has 6 atom stereocenters. The number of benzene rings is 4. The Morgan fingerprint density at radius 2 is 0.885 bits per heavy atom. The molecule has 0 unspecified atom stereocenters. The first-order valence-electron chi connectivity index (χ1n) is 16.4. The Balaban J connectivity index is 1.38. The fourth-order valence-corrected chi connectivity index (χ4v) is 8.31. The number of ether oxygens (including phenoxy) is 4. The number of carbonyl (C=O) groups is 4. The number of amides is 4. The van der Waals surface area contributed by atoms with Crippen LogP contribution in [0.1, 0.15) is 23.2 Å². The summed E-state index contributed by atoms with van der Waals surface area (Å²) < 4.78 is 51.6. The van der Waals surface area contributed by atoms with Crippen molar-refractivity contribution in [2.45, 2.75) is 24.2 Å². The van der Waals surface area contributed by atoms with Crippen molar-refractivity contribution < 1.29 is 46.9 Å². The molecule has 4 aromatic carbocycles. The summed E-state index contributed by atoms with van der Waals surface area (Å²) in [7, 11) is 5.85. The minimum Gasteiger partial charge on any atom is -0.497 e. The molecule has 0 radical (unpaired) electrons. The normalized spacial score (nSPS) is 25.4. The highest BCUT2D eigenvalue weighted by Crippen LogP contribution is 2.61. The van der Waals surface area contributed by atoms with E-state index in [-0.39, 0.29) is 11.4 Å². The van der Waals surface area contributed by atoms with Gasteiger partial charge in [0.2, 0.25) is 11.8 Å². The van der Waals surface area contributed by atoms with Gasteiger partial charge in [-0.2, -0.15) is 0 Å². The highest BCUT2D eigenvalue weighted by atomic mass is 19.1. The minimum atomic E-state index is -1.25. The second kappa shape index (κ2) is 12.4. The Kier molecular flexibility index (Phi) is 7.95. The van der Waals surface area contributed by atoms with Gasteiger partial charge in [0.05, 0.1) is 63.7 Å². The molecule has 4 aromatic rings. The van der Waals surface area contributed by atoms with Crippen LogP contribution in [-0.2, 0) is 19.2 Å². The van der Waals surface area contributed by atoms with Crippen LogP contribution in [-0.4, -0.2) is 74.2 Å². The molecule has 0 bridgehead atoms. The monoisotopic (exact) mass is 710 g/mol. The lowest BCUT2D eigenvalue weighted by atomic mass is 9.83. The zero-order valence-corrected chi connectivity index (χ0v) is 28.4. The lowest BCUT2D eigenvalue weighted by molar-refractivity contribution is -0.136. The summed E-state index contributed by atoms with van der Waals surface area (Å²) in [4.78, 5) is 60.7. The predicted molar refractivity (Wildman–Crippen MR) is 181 cm³/mol. The van der Waals surface area contributed by atoms with E-state index in [9.17, 15) is 28.0 Å². The van der Waals surface area contributed by atoms with Crippen molar-refractivity contribution in [2.24, 2.45) is 11.8 Å². The lowest BCUT2D eigenvalue weighted by Gasteiger charge is -2.36. The van der Waals surface area contributed by atoms with Crippen LogP contribution in [0.25, 0.3) is 0 Å². The van der Waals surface area contributed by atoms with Crippen LogP contribution in [0.3, 0.4) is 0 Å². The number of hydrazine groups is 1. The summed E-state index contributed by atoms with van der Waals surface area (Å²) in [5.74, 6) is -4.69. The summed E-state index contributed by atoms with van der Waals surface area (Å²) in [6.45, 7) is 0. The van der Waals surface area contributed by atoms with E-state index in [1.54, 1.807) is 46.4 Å². The van der Waals surface area contributed by atoms with Crippen LogP contribution in [0.5, 0.6) is 23.0 Å². The molecule has 52 heavy (non-hydrogen) atoms. The molecular formula is C38H32F2N4O8. The number of hydrogen-bond acceptors (Lipinski definition) is 10. The van der Waals surface area contributed by atoms with Gasteiger partial charge < -0.3 is 18.9 Å². The maximum Gasteiger partial charge on any atom is 0.253 e. The number of hydrogen-bond donors (Lipinski definition) is 0. The predicted octanol–water partition coefficient (Wildman–Crippen LogP) is 4.44. The highest BCUT2D eigenvalue weighted by Gasteiger charge is 2.74. The largest absolute Gasteiger partial charge is 0.497 e. The van der Waals surface area contributed by atoms with Gasteiger partial charge in [-0.3, -0.25) is 19.2 Å². The van der Waals surface area contributed by atoms with Crippen molar-refractivity contribution in [3.8, 4) is 23.0 Å². The number of imide groups is 2. The molecule has 0 aliphatic carbocycles. The summed E-state index contributed by atoms with van der Waals surface area (Å²) >= 11 is 0. The second-order valence-corrected chi connectivity index (χ2v) is 12.8. The topological polar surface area (TPSA) is 118 Å². The zero-order valence-electron chi connectivity index (χ0n) is 28.4. The van der Waals surface area contributed by atoms with E-state index in [2.05, 4.69) is 0 Å². The van der Waals surface area contributed by atoms with Gasteiger partial charge in [-0.05, 0) is 60.7 Å². The second-order valence-electron chi connectivity index (χ2n) is 12.8. The van der Waals surface area contributed by atoms with Gasteiger partial charge in [-0.1, -0.05) is 12.1 Å². The number of anilines is 2. The van der Waals surface area contributed by atoms with Crippen LogP contribution in [0, 0.1) is 23.5 Å². The molecule has 4 amide bonds. The molecule has 0 aromatic heterocycles. The van der Waals surface area contributed by atoms with Crippen LogP contribution in [0.15, 0.2) is 84.9 Å². The maximum atomic E-state index is 14.7. The van der Waals surface area contributed by atoms with E-state index >= 15 is 0 Å². The van der Waals surface area contributed by atoms with Crippen molar-refractivity contribution in [1.82, 2.24) is 10.0 Å². The number of methoxy groups -OCH3 is 4. The Labute approximate surface area is 296 Å². The Hall–Kier alpha value is -5.86. The van der Waals surface area contributed by atoms with Gasteiger partial charge in [-0.15, -0.1) is 0 Å². The lowest BCUT2D eigenvalue weighted by Crippen LogP contribution is -2.50. The Bertz CT molecular complexity index is 2010. The first-order valence-corrected chi connectivity index (χ1v) is 16.4. The standard InChI is InChI=1S/C38H32F2N4O8/c1-49-23-11-13-25(27(17-23)51-3)31-29-33(37(47)41(35(29)45)21-9-5-7-19(39)15-21)44-32(26-14-12-24(50-2)18-28(26)52-4)30-34(43(31)44)38(48)42(36(30)46)22-10-6-8-20(40)16-22/h5-18,29-34H,1-4H3/t29-,30-,31+,32+,33-,34+/m0/s1. The van der Waals surface area contributed by atoms with Crippen molar-refractivity contribution >= 4 is 35.0 Å². The molecule has 12 nitrogen and oxygen atoms in total. The zero-order chi connectivity index (χ0) is 36.6. The number of nitrogens with zero attached hydrogens (tertiary/aromatic N) is 4. The third-order valence-electron chi connectivity index (χ3n) is 10.4. The van der Waals surface area contributed by atoms with Gasteiger partial charge in [0.15, 0.2) is 0 Å². The average molecular weight is 711 g/mol.